The fraction of sp³-hybridized carbons (Fsp3) is 0.786. The molecule has 1 aliphatic carbocycles. The van der Waals surface area contributed by atoms with Gasteiger partial charge in [-0.25, -0.2) is 0 Å². The number of anilines is 2. The van der Waals surface area contributed by atoms with Crippen molar-refractivity contribution < 1.29 is 4.74 Å². The monoisotopic (exact) mass is 279 g/mol. The Kier molecular flexibility index (Phi) is 4.30. The molecule has 6 nitrogen and oxygen atoms in total. The molecule has 1 unspecified atom stereocenters. The van der Waals surface area contributed by atoms with Crippen molar-refractivity contribution in [3.8, 4) is 6.01 Å². The number of hydrogen-bond donors (Lipinski definition) is 2. The second kappa shape index (κ2) is 5.81. The number of hydrogen-bond acceptors (Lipinski definition) is 6. The van der Waals surface area contributed by atoms with Crippen LogP contribution in [-0.2, 0) is 0 Å². The SMILES string of the molecule is CNc1nc(NC2CCCC2(C)C)nc(OC(C)C)n1. The number of nitrogens with zero attached hydrogens (tertiary/aromatic N) is 3. The first-order chi connectivity index (χ1) is 9.40. The van der Waals surface area contributed by atoms with E-state index < -0.39 is 0 Å². The van der Waals surface area contributed by atoms with Crippen molar-refractivity contribution in [2.45, 2.75) is 59.1 Å². The number of nitrogens with one attached hydrogen (secondary N) is 2. The molecule has 2 rings (SSSR count). The van der Waals surface area contributed by atoms with E-state index >= 15 is 0 Å². The largest absolute Gasteiger partial charge is 0.461 e. The summed E-state index contributed by atoms with van der Waals surface area (Å²) in [6.07, 6.45) is 3.65. The maximum absolute atomic E-state index is 5.57. The summed E-state index contributed by atoms with van der Waals surface area (Å²) < 4.78 is 5.57. The molecule has 0 aliphatic heterocycles. The third kappa shape index (κ3) is 3.49. The summed E-state index contributed by atoms with van der Waals surface area (Å²) in [4.78, 5) is 12.9. The standard InChI is InChI=1S/C14H25N5O/c1-9(2)20-13-18-11(15-5)17-12(19-13)16-10-7-6-8-14(10,3)4/h9-10H,6-8H2,1-5H3,(H2,15,16,17,18,19). The van der Waals surface area contributed by atoms with Gasteiger partial charge in [-0.15, -0.1) is 0 Å². The van der Waals surface area contributed by atoms with E-state index in [1.165, 1.54) is 12.8 Å². The topological polar surface area (TPSA) is 72.0 Å². The van der Waals surface area contributed by atoms with Crippen molar-refractivity contribution >= 4 is 11.9 Å². The lowest BCUT2D eigenvalue weighted by molar-refractivity contribution is 0.222. The second-order valence-electron chi connectivity index (χ2n) is 6.26. The second-order valence-corrected chi connectivity index (χ2v) is 6.26. The van der Waals surface area contributed by atoms with Crippen LogP contribution in [-0.4, -0.2) is 34.1 Å². The van der Waals surface area contributed by atoms with Gasteiger partial charge < -0.3 is 15.4 Å². The van der Waals surface area contributed by atoms with Crippen LogP contribution in [0.2, 0.25) is 0 Å². The molecule has 2 N–H and O–H groups in total. The van der Waals surface area contributed by atoms with Gasteiger partial charge in [-0.05, 0) is 32.1 Å². The molecule has 0 aromatic carbocycles. The van der Waals surface area contributed by atoms with Crippen LogP contribution in [0.3, 0.4) is 0 Å². The van der Waals surface area contributed by atoms with Crippen molar-refractivity contribution in [1.29, 1.82) is 0 Å². The van der Waals surface area contributed by atoms with Gasteiger partial charge in [0.25, 0.3) is 0 Å². The molecule has 1 aliphatic rings. The van der Waals surface area contributed by atoms with Crippen LogP contribution in [0.1, 0.15) is 47.0 Å². The molecule has 20 heavy (non-hydrogen) atoms. The molecule has 1 atom stereocenters. The Balaban J connectivity index is 2.18. The van der Waals surface area contributed by atoms with Crippen LogP contribution in [0.15, 0.2) is 0 Å². The third-order valence-corrected chi connectivity index (χ3v) is 3.74. The van der Waals surface area contributed by atoms with Gasteiger partial charge in [-0.2, -0.15) is 15.0 Å². The van der Waals surface area contributed by atoms with Crippen LogP contribution in [0.25, 0.3) is 0 Å². The molecule has 1 saturated carbocycles. The average Bonchev–Trinajstić information content (AvgIpc) is 2.67. The Morgan fingerprint density at radius 2 is 1.90 bits per heavy atom. The summed E-state index contributed by atoms with van der Waals surface area (Å²) >= 11 is 0. The highest BCUT2D eigenvalue weighted by molar-refractivity contribution is 5.36. The zero-order valence-electron chi connectivity index (χ0n) is 13.0. The smallest absolute Gasteiger partial charge is 0.323 e. The highest BCUT2D eigenvalue weighted by Gasteiger charge is 2.35. The Morgan fingerprint density at radius 3 is 2.45 bits per heavy atom. The molecular formula is C14H25N5O. The summed E-state index contributed by atoms with van der Waals surface area (Å²) in [7, 11) is 1.79. The van der Waals surface area contributed by atoms with Gasteiger partial charge in [0.15, 0.2) is 0 Å². The maximum Gasteiger partial charge on any atom is 0.323 e. The van der Waals surface area contributed by atoms with Crippen LogP contribution in [0.4, 0.5) is 11.9 Å². The molecule has 1 fully saturated rings. The van der Waals surface area contributed by atoms with Crippen LogP contribution in [0.5, 0.6) is 6.01 Å². The lowest BCUT2D eigenvalue weighted by Gasteiger charge is -2.27. The average molecular weight is 279 g/mol. The van der Waals surface area contributed by atoms with Crippen molar-refractivity contribution in [2.75, 3.05) is 17.7 Å². The number of rotatable bonds is 5. The van der Waals surface area contributed by atoms with Crippen LogP contribution >= 0.6 is 0 Å². The molecule has 1 aromatic heterocycles. The van der Waals surface area contributed by atoms with E-state index in [1.54, 1.807) is 7.05 Å². The van der Waals surface area contributed by atoms with E-state index in [1.807, 2.05) is 13.8 Å². The lowest BCUT2D eigenvalue weighted by atomic mass is 9.87. The van der Waals surface area contributed by atoms with Crippen molar-refractivity contribution in [1.82, 2.24) is 15.0 Å². The van der Waals surface area contributed by atoms with Gasteiger partial charge in [0.2, 0.25) is 11.9 Å². The Morgan fingerprint density at radius 1 is 1.20 bits per heavy atom. The van der Waals surface area contributed by atoms with Crippen molar-refractivity contribution in [3.63, 3.8) is 0 Å². The van der Waals surface area contributed by atoms with Crippen LogP contribution < -0.4 is 15.4 Å². The van der Waals surface area contributed by atoms with Crippen molar-refractivity contribution in [3.05, 3.63) is 0 Å². The van der Waals surface area contributed by atoms with Gasteiger partial charge in [-0.1, -0.05) is 20.3 Å². The maximum atomic E-state index is 5.57. The van der Waals surface area contributed by atoms with E-state index in [0.29, 0.717) is 23.9 Å². The first-order valence-electron chi connectivity index (χ1n) is 7.28. The summed E-state index contributed by atoms with van der Waals surface area (Å²) in [5.74, 6) is 1.11. The molecule has 0 spiro atoms. The number of ether oxygens (including phenoxy) is 1. The highest BCUT2D eigenvalue weighted by Crippen LogP contribution is 2.38. The normalized spacial score (nSPS) is 21.0. The zero-order valence-corrected chi connectivity index (χ0v) is 13.0. The third-order valence-electron chi connectivity index (χ3n) is 3.74. The van der Waals surface area contributed by atoms with Gasteiger partial charge in [0.1, 0.15) is 0 Å². The minimum atomic E-state index is 0.0397. The summed E-state index contributed by atoms with van der Waals surface area (Å²) in [6, 6.07) is 0.749. The van der Waals surface area contributed by atoms with Crippen molar-refractivity contribution in [2.24, 2.45) is 5.41 Å². The van der Waals surface area contributed by atoms with E-state index in [0.717, 1.165) is 6.42 Å². The zero-order chi connectivity index (χ0) is 14.8. The van der Waals surface area contributed by atoms with Gasteiger partial charge in [0.05, 0.1) is 6.10 Å². The summed E-state index contributed by atoms with van der Waals surface area (Å²) in [5, 5.41) is 6.38. The quantitative estimate of drug-likeness (QED) is 0.863. The molecule has 0 saturated heterocycles. The Hall–Kier alpha value is -1.59. The first-order valence-corrected chi connectivity index (χ1v) is 7.28. The number of aromatic nitrogens is 3. The molecule has 6 heteroatoms. The molecule has 0 amide bonds. The predicted molar refractivity (Wildman–Crippen MR) is 80.2 cm³/mol. The Bertz CT molecular complexity index is 461. The fourth-order valence-corrected chi connectivity index (χ4v) is 2.55. The summed E-state index contributed by atoms with van der Waals surface area (Å²) in [6.45, 7) is 8.47. The predicted octanol–water partition coefficient (Wildman–Crippen LogP) is 2.69. The Labute approximate surface area is 120 Å². The molecule has 0 bridgehead atoms. The molecular weight excluding hydrogens is 254 g/mol. The van der Waals surface area contributed by atoms with E-state index in [9.17, 15) is 0 Å². The highest BCUT2D eigenvalue weighted by atomic mass is 16.5. The van der Waals surface area contributed by atoms with Gasteiger partial charge in [-0.3, -0.25) is 0 Å². The molecule has 0 radical (unpaired) electrons. The molecule has 112 valence electrons. The first kappa shape index (κ1) is 14.8. The van der Waals surface area contributed by atoms with Gasteiger partial charge in [0, 0.05) is 13.1 Å². The van der Waals surface area contributed by atoms with Crippen LogP contribution in [0, 0.1) is 5.41 Å². The van der Waals surface area contributed by atoms with E-state index in [2.05, 4.69) is 39.4 Å². The minimum Gasteiger partial charge on any atom is -0.461 e. The minimum absolute atomic E-state index is 0.0397. The lowest BCUT2D eigenvalue weighted by Crippen LogP contribution is -2.31. The van der Waals surface area contributed by atoms with E-state index in [-0.39, 0.29) is 11.5 Å². The summed E-state index contributed by atoms with van der Waals surface area (Å²) in [5.41, 5.74) is 0.269. The fourth-order valence-electron chi connectivity index (χ4n) is 2.55. The van der Waals surface area contributed by atoms with Gasteiger partial charge >= 0.3 is 6.01 Å². The molecule has 1 aromatic rings. The van der Waals surface area contributed by atoms with E-state index in [4.69, 9.17) is 4.74 Å². The molecule has 1 heterocycles.